The Hall–Kier alpha value is -1.63. The van der Waals surface area contributed by atoms with Gasteiger partial charge in [-0.2, -0.15) is 8.78 Å². The van der Waals surface area contributed by atoms with Gasteiger partial charge in [-0.25, -0.2) is 0 Å². The highest BCUT2D eigenvalue weighted by Crippen LogP contribution is 2.31. The van der Waals surface area contributed by atoms with Gasteiger partial charge in [-0.05, 0) is 18.6 Å². The van der Waals surface area contributed by atoms with Gasteiger partial charge < -0.3 is 10.6 Å². The molecule has 2 amide bonds. The number of carbonyl (C=O) groups is 2. The molecule has 1 aliphatic rings. The topological polar surface area (TPSA) is 58.2 Å². The Labute approximate surface area is 112 Å². The van der Waals surface area contributed by atoms with Crippen LogP contribution in [0.15, 0.2) is 29.2 Å². The standard InChI is InChI=1S/C12H12F2N2O2S/c13-12(14)19-9-4-2-1-3-7(9)16-11(18)8-5-6-10(17)15-8/h1-4,8,12H,5-6H2,(H,15,17)(H,16,18). The number of anilines is 1. The van der Waals surface area contributed by atoms with E-state index < -0.39 is 11.8 Å². The number of carbonyl (C=O) groups excluding carboxylic acids is 2. The Bertz CT molecular complexity index is 496. The van der Waals surface area contributed by atoms with Crippen molar-refractivity contribution >= 4 is 29.3 Å². The van der Waals surface area contributed by atoms with Crippen LogP contribution in [0.25, 0.3) is 0 Å². The van der Waals surface area contributed by atoms with E-state index in [2.05, 4.69) is 10.6 Å². The summed E-state index contributed by atoms with van der Waals surface area (Å²) in [6.45, 7) is 0. The van der Waals surface area contributed by atoms with Crippen LogP contribution in [0.3, 0.4) is 0 Å². The Morgan fingerprint density at radius 2 is 2.16 bits per heavy atom. The molecule has 0 spiro atoms. The number of para-hydroxylation sites is 1. The minimum atomic E-state index is -2.55. The summed E-state index contributed by atoms with van der Waals surface area (Å²) in [6.07, 6.45) is 0.736. The lowest BCUT2D eigenvalue weighted by Crippen LogP contribution is -2.37. The number of nitrogens with one attached hydrogen (secondary N) is 2. The molecule has 0 bridgehead atoms. The summed E-state index contributed by atoms with van der Waals surface area (Å²) in [4.78, 5) is 23.2. The minimum absolute atomic E-state index is 0.171. The summed E-state index contributed by atoms with van der Waals surface area (Å²) in [5.41, 5.74) is 0.332. The van der Waals surface area contributed by atoms with Crippen molar-refractivity contribution in [2.75, 3.05) is 5.32 Å². The van der Waals surface area contributed by atoms with E-state index in [4.69, 9.17) is 0 Å². The molecule has 1 saturated heterocycles. The first-order valence-electron chi connectivity index (χ1n) is 5.70. The van der Waals surface area contributed by atoms with E-state index in [1.54, 1.807) is 18.2 Å². The third-order valence-corrected chi connectivity index (χ3v) is 3.46. The second-order valence-electron chi connectivity index (χ2n) is 4.02. The Balaban J connectivity index is 2.06. The third kappa shape index (κ3) is 3.66. The predicted octanol–water partition coefficient (Wildman–Crippen LogP) is 2.22. The Kier molecular flexibility index (Phi) is 4.36. The maximum absolute atomic E-state index is 12.4. The Morgan fingerprint density at radius 3 is 2.79 bits per heavy atom. The van der Waals surface area contributed by atoms with Crippen LogP contribution in [0.1, 0.15) is 12.8 Å². The van der Waals surface area contributed by atoms with Gasteiger partial charge in [-0.1, -0.05) is 23.9 Å². The van der Waals surface area contributed by atoms with Crippen molar-refractivity contribution in [3.05, 3.63) is 24.3 Å². The first-order valence-corrected chi connectivity index (χ1v) is 6.58. The second kappa shape index (κ2) is 6.01. The van der Waals surface area contributed by atoms with Crippen LogP contribution in [0, 0.1) is 0 Å². The number of amides is 2. The Morgan fingerprint density at radius 1 is 1.42 bits per heavy atom. The second-order valence-corrected chi connectivity index (χ2v) is 5.05. The molecule has 19 heavy (non-hydrogen) atoms. The summed E-state index contributed by atoms with van der Waals surface area (Å²) in [7, 11) is 0. The maximum Gasteiger partial charge on any atom is 0.288 e. The number of alkyl halides is 2. The molecule has 1 unspecified atom stereocenters. The average molecular weight is 286 g/mol. The van der Waals surface area contributed by atoms with Gasteiger partial charge >= 0.3 is 0 Å². The van der Waals surface area contributed by atoms with E-state index in [0.717, 1.165) is 0 Å². The van der Waals surface area contributed by atoms with Crippen LogP contribution in [0.5, 0.6) is 0 Å². The van der Waals surface area contributed by atoms with Gasteiger partial charge in [0.2, 0.25) is 11.8 Å². The van der Waals surface area contributed by atoms with Crippen molar-refractivity contribution in [1.29, 1.82) is 0 Å². The highest BCUT2D eigenvalue weighted by molar-refractivity contribution is 7.99. The fourth-order valence-corrected chi connectivity index (χ4v) is 2.39. The summed E-state index contributed by atoms with van der Waals surface area (Å²) in [5, 5.41) is 5.10. The smallest absolute Gasteiger partial charge is 0.288 e. The molecule has 1 atom stereocenters. The van der Waals surface area contributed by atoms with Crippen molar-refractivity contribution in [2.24, 2.45) is 0 Å². The first-order chi connectivity index (χ1) is 9.06. The van der Waals surface area contributed by atoms with E-state index in [0.29, 0.717) is 35.2 Å². The molecular weight excluding hydrogens is 274 g/mol. The zero-order valence-corrected chi connectivity index (χ0v) is 10.7. The first kappa shape index (κ1) is 13.8. The molecule has 1 aromatic carbocycles. The quantitative estimate of drug-likeness (QED) is 0.834. The van der Waals surface area contributed by atoms with Crippen molar-refractivity contribution in [1.82, 2.24) is 5.32 Å². The summed E-state index contributed by atoms with van der Waals surface area (Å²) in [5.74, 6) is -3.10. The molecule has 1 aliphatic heterocycles. The highest BCUT2D eigenvalue weighted by atomic mass is 32.2. The SMILES string of the molecule is O=C1CCC(C(=O)Nc2ccccc2SC(F)F)N1. The third-order valence-electron chi connectivity index (χ3n) is 2.67. The maximum atomic E-state index is 12.4. The highest BCUT2D eigenvalue weighted by Gasteiger charge is 2.27. The normalized spacial score (nSPS) is 18.5. The lowest BCUT2D eigenvalue weighted by molar-refractivity contribution is -0.122. The number of thioether (sulfide) groups is 1. The number of hydrogen-bond donors (Lipinski definition) is 2. The number of benzene rings is 1. The van der Waals surface area contributed by atoms with Gasteiger partial charge in [0.1, 0.15) is 6.04 Å². The van der Waals surface area contributed by atoms with Crippen LogP contribution in [0.4, 0.5) is 14.5 Å². The van der Waals surface area contributed by atoms with E-state index in [9.17, 15) is 18.4 Å². The van der Waals surface area contributed by atoms with Crippen LogP contribution in [-0.2, 0) is 9.59 Å². The molecular formula is C12H12F2N2O2S. The molecule has 1 fully saturated rings. The average Bonchev–Trinajstić information content (AvgIpc) is 2.78. The van der Waals surface area contributed by atoms with Crippen LogP contribution < -0.4 is 10.6 Å². The lowest BCUT2D eigenvalue weighted by Gasteiger charge is -2.13. The van der Waals surface area contributed by atoms with Crippen molar-refractivity contribution in [3.8, 4) is 0 Å². The van der Waals surface area contributed by atoms with Gasteiger partial charge in [-0.15, -0.1) is 0 Å². The summed E-state index contributed by atoms with van der Waals surface area (Å²) < 4.78 is 24.8. The monoisotopic (exact) mass is 286 g/mol. The van der Waals surface area contributed by atoms with E-state index in [-0.39, 0.29) is 11.8 Å². The van der Waals surface area contributed by atoms with Crippen LogP contribution in [-0.4, -0.2) is 23.6 Å². The predicted molar refractivity (Wildman–Crippen MR) is 68.1 cm³/mol. The molecule has 1 aromatic rings. The largest absolute Gasteiger partial charge is 0.344 e. The van der Waals surface area contributed by atoms with Crippen LogP contribution in [0.2, 0.25) is 0 Å². The molecule has 2 N–H and O–H groups in total. The number of hydrogen-bond acceptors (Lipinski definition) is 3. The van der Waals surface area contributed by atoms with Crippen LogP contribution >= 0.6 is 11.8 Å². The number of halogens is 2. The molecule has 1 heterocycles. The molecule has 0 aromatic heterocycles. The molecule has 0 saturated carbocycles. The van der Waals surface area contributed by atoms with Gasteiger partial charge in [0, 0.05) is 11.3 Å². The number of rotatable bonds is 4. The summed E-state index contributed by atoms with van der Waals surface area (Å²) >= 11 is 0.375. The molecule has 2 rings (SSSR count). The molecule has 0 aliphatic carbocycles. The zero-order valence-electron chi connectivity index (χ0n) is 9.86. The minimum Gasteiger partial charge on any atom is -0.344 e. The molecule has 7 heteroatoms. The zero-order chi connectivity index (χ0) is 13.8. The fraction of sp³-hybridized carbons (Fsp3) is 0.333. The van der Waals surface area contributed by atoms with E-state index in [1.807, 2.05) is 0 Å². The van der Waals surface area contributed by atoms with Crippen molar-refractivity contribution in [3.63, 3.8) is 0 Å². The summed E-state index contributed by atoms with van der Waals surface area (Å²) in [6, 6.07) is 5.76. The van der Waals surface area contributed by atoms with E-state index >= 15 is 0 Å². The van der Waals surface area contributed by atoms with Crippen molar-refractivity contribution in [2.45, 2.75) is 29.5 Å². The van der Waals surface area contributed by atoms with Crippen molar-refractivity contribution < 1.29 is 18.4 Å². The lowest BCUT2D eigenvalue weighted by atomic mass is 10.2. The molecule has 0 radical (unpaired) electrons. The molecule has 4 nitrogen and oxygen atoms in total. The van der Waals surface area contributed by atoms with Gasteiger partial charge in [0.05, 0.1) is 5.69 Å². The van der Waals surface area contributed by atoms with Gasteiger partial charge in [-0.3, -0.25) is 9.59 Å². The molecule has 102 valence electrons. The van der Waals surface area contributed by atoms with Gasteiger partial charge in [0.25, 0.3) is 5.76 Å². The van der Waals surface area contributed by atoms with Gasteiger partial charge in [0.15, 0.2) is 0 Å². The van der Waals surface area contributed by atoms with E-state index in [1.165, 1.54) is 6.07 Å². The fourth-order valence-electron chi connectivity index (χ4n) is 1.80.